The van der Waals surface area contributed by atoms with E-state index in [1.807, 2.05) is 0 Å². The van der Waals surface area contributed by atoms with Crippen molar-refractivity contribution < 1.29 is 23.0 Å². The Labute approximate surface area is 139 Å². The lowest BCUT2D eigenvalue weighted by Gasteiger charge is -2.26. The van der Waals surface area contributed by atoms with Crippen molar-refractivity contribution in [1.29, 1.82) is 0 Å². The van der Waals surface area contributed by atoms with Crippen LogP contribution >= 0.6 is 0 Å². The Morgan fingerprint density at radius 2 is 1.71 bits per heavy atom. The van der Waals surface area contributed by atoms with Crippen molar-refractivity contribution in [2.75, 3.05) is 19.5 Å². The number of carbonyl (C=O) groups excluding carboxylic acids is 1. The number of anilines is 1. The van der Waals surface area contributed by atoms with Crippen molar-refractivity contribution in [3.63, 3.8) is 0 Å². The molecule has 4 nitrogen and oxygen atoms in total. The molecule has 128 valence electrons. The smallest absolute Gasteiger partial charge is 0.379 e. The molecule has 0 saturated carbocycles. The predicted molar refractivity (Wildman–Crippen MR) is 87.5 cm³/mol. The lowest BCUT2D eigenvalue weighted by molar-refractivity contribution is -0.170. The summed E-state index contributed by atoms with van der Waals surface area (Å²) < 4.78 is 38.2. The van der Waals surface area contributed by atoms with Gasteiger partial charge < -0.3 is 14.8 Å². The van der Waals surface area contributed by atoms with Gasteiger partial charge in [-0.3, -0.25) is 0 Å². The van der Waals surface area contributed by atoms with E-state index in [1.165, 1.54) is 7.11 Å². The number of hydrogen-bond acceptors (Lipinski definition) is 4. The number of alkyl halides is 2. The molecule has 0 aliphatic rings. The van der Waals surface area contributed by atoms with E-state index in [-0.39, 0.29) is 6.42 Å². The Kier molecular flexibility index (Phi) is 5.73. The first kappa shape index (κ1) is 17.7. The monoisotopic (exact) mass is 335 g/mol. The molecule has 2 aromatic carbocycles. The Morgan fingerprint density at radius 1 is 1.08 bits per heavy atom. The fraction of sp³-hybridized carbons (Fsp3) is 0.278. The molecule has 1 unspecified atom stereocenters. The molecule has 2 aromatic rings. The average Bonchev–Trinajstić information content (AvgIpc) is 2.61. The molecule has 0 spiro atoms. The first-order valence-corrected chi connectivity index (χ1v) is 7.38. The highest BCUT2D eigenvalue weighted by Gasteiger charge is 2.48. The van der Waals surface area contributed by atoms with Crippen LogP contribution in [-0.4, -0.2) is 32.2 Å². The van der Waals surface area contributed by atoms with Gasteiger partial charge in [-0.15, -0.1) is 0 Å². The molecule has 0 bridgehead atoms. The van der Waals surface area contributed by atoms with E-state index in [4.69, 9.17) is 4.74 Å². The molecule has 2 rings (SSSR count). The minimum atomic E-state index is -3.68. The molecule has 0 fully saturated rings. The van der Waals surface area contributed by atoms with Crippen molar-refractivity contribution in [3.8, 4) is 5.75 Å². The van der Waals surface area contributed by atoms with E-state index in [0.717, 1.165) is 7.11 Å². The van der Waals surface area contributed by atoms with Gasteiger partial charge >= 0.3 is 11.9 Å². The number of halogens is 2. The standard InChI is InChI=1S/C18H19F2NO3/c1-23-15-10-8-14(9-11-15)21-16(18(19,20)17(22)24-2)12-13-6-4-3-5-7-13/h3-11,16,21H,12H2,1-2H3. The number of benzene rings is 2. The van der Waals surface area contributed by atoms with Crippen molar-refractivity contribution in [2.24, 2.45) is 0 Å². The predicted octanol–water partition coefficient (Wildman–Crippen LogP) is 3.53. The Balaban J connectivity index is 2.25. The zero-order chi connectivity index (χ0) is 17.6. The number of ether oxygens (including phenoxy) is 2. The van der Waals surface area contributed by atoms with E-state index in [2.05, 4.69) is 10.1 Å². The minimum absolute atomic E-state index is 0.0328. The van der Waals surface area contributed by atoms with E-state index in [1.54, 1.807) is 54.6 Å². The van der Waals surface area contributed by atoms with Crippen LogP contribution in [0.5, 0.6) is 5.75 Å². The van der Waals surface area contributed by atoms with Gasteiger partial charge in [-0.25, -0.2) is 4.79 Å². The van der Waals surface area contributed by atoms with E-state index < -0.39 is 17.9 Å². The van der Waals surface area contributed by atoms with Gasteiger partial charge in [0, 0.05) is 5.69 Å². The summed E-state index contributed by atoms with van der Waals surface area (Å²) in [5.74, 6) is -4.63. The number of carbonyl (C=O) groups is 1. The van der Waals surface area contributed by atoms with Gasteiger partial charge in [0.25, 0.3) is 0 Å². The highest BCUT2D eigenvalue weighted by atomic mass is 19.3. The van der Waals surface area contributed by atoms with Crippen LogP contribution in [0.2, 0.25) is 0 Å². The molecule has 24 heavy (non-hydrogen) atoms. The van der Waals surface area contributed by atoms with Gasteiger partial charge in [0.15, 0.2) is 0 Å². The first-order chi connectivity index (χ1) is 11.5. The summed E-state index contributed by atoms with van der Waals surface area (Å²) >= 11 is 0. The fourth-order valence-electron chi connectivity index (χ4n) is 2.29. The summed E-state index contributed by atoms with van der Waals surface area (Å²) in [5, 5.41) is 2.73. The molecular formula is C18H19F2NO3. The molecule has 0 heterocycles. The van der Waals surface area contributed by atoms with Crippen LogP contribution in [0.4, 0.5) is 14.5 Å². The quantitative estimate of drug-likeness (QED) is 0.787. The second-order valence-corrected chi connectivity index (χ2v) is 5.23. The zero-order valence-corrected chi connectivity index (χ0v) is 13.5. The molecular weight excluding hydrogens is 316 g/mol. The number of methoxy groups -OCH3 is 2. The molecule has 0 radical (unpaired) electrons. The second-order valence-electron chi connectivity index (χ2n) is 5.23. The molecule has 1 atom stereocenters. The summed E-state index contributed by atoms with van der Waals surface area (Å²) in [5.41, 5.74) is 1.15. The maximum absolute atomic E-state index is 14.4. The van der Waals surface area contributed by atoms with Crippen LogP contribution < -0.4 is 10.1 Å². The summed E-state index contributed by atoms with van der Waals surface area (Å²) in [7, 11) is 2.47. The van der Waals surface area contributed by atoms with Crippen LogP contribution in [0.1, 0.15) is 5.56 Å². The second kappa shape index (κ2) is 7.77. The maximum atomic E-state index is 14.4. The Hall–Kier alpha value is -2.63. The summed E-state index contributed by atoms with van der Waals surface area (Å²) in [6.45, 7) is 0. The molecule has 1 N–H and O–H groups in total. The molecule has 0 aliphatic carbocycles. The van der Waals surface area contributed by atoms with Gasteiger partial charge in [-0.2, -0.15) is 8.78 Å². The van der Waals surface area contributed by atoms with Crippen molar-refractivity contribution in [2.45, 2.75) is 18.4 Å². The lowest BCUT2D eigenvalue weighted by Crippen LogP contribution is -2.48. The van der Waals surface area contributed by atoms with E-state index >= 15 is 0 Å². The minimum Gasteiger partial charge on any atom is -0.497 e. The van der Waals surface area contributed by atoms with Gasteiger partial charge in [-0.05, 0) is 36.2 Å². The molecule has 0 aliphatic heterocycles. The number of nitrogens with one attached hydrogen (secondary N) is 1. The van der Waals surface area contributed by atoms with Crippen LogP contribution in [0.25, 0.3) is 0 Å². The number of rotatable bonds is 7. The van der Waals surface area contributed by atoms with Crippen molar-refractivity contribution in [1.82, 2.24) is 0 Å². The summed E-state index contributed by atoms with van der Waals surface area (Å²) in [6, 6.07) is 13.9. The van der Waals surface area contributed by atoms with Crippen molar-refractivity contribution in [3.05, 3.63) is 60.2 Å². The first-order valence-electron chi connectivity index (χ1n) is 7.38. The van der Waals surface area contributed by atoms with Crippen LogP contribution in [0.15, 0.2) is 54.6 Å². The third kappa shape index (κ3) is 4.22. The lowest BCUT2D eigenvalue weighted by atomic mass is 10.00. The molecule has 0 amide bonds. The highest BCUT2D eigenvalue weighted by Crippen LogP contribution is 2.27. The Bertz CT molecular complexity index is 660. The summed E-state index contributed by atoms with van der Waals surface area (Å²) in [4.78, 5) is 11.5. The molecule has 6 heteroatoms. The Morgan fingerprint density at radius 3 is 2.25 bits per heavy atom. The molecule has 0 saturated heterocycles. The third-order valence-corrected chi connectivity index (χ3v) is 3.61. The average molecular weight is 335 g/mol. The van der Waals surface area contributed by atoms with Gasteiger partial charge in [0.1, 0.15) is 11.8 Å². The van der Waals surface area contributed by atoms with Gasteiger partial charge in [-0.1, -0.05) is 30.3 Å². The van der Waals surface area contributed by atoms with E-state index in [0.29, 0.717) is 17.0 Å². The maximum Gasteiger partial charge on any atom is 0.379 e. The van der Waals surface area contributed by atoms with Gasteiger partial charge in [0.2, 0.25) is 0 Å². The third-order valence-electron chi connectivity index (χ3n) is 3.61. The highest BCUT2D eigenvalue weighted by molar-refractivity contribution is 5.79. The van der Waals surface area contributed by atoms with Crippen LogP contribution in [0.3, 0.4) is 0 Å². The topological polar surface area (TPSA) is 47.6 Å². The van der Waals surface area contributed by atoms with Gasteiger partial charge in [0.05, 0.1) is 14.2 Å². The van der Waals surface area contributed by atoms with E-state index in [9.17, 15) is 13.6 Å². The SMILES string of the molecule is COC(=O)C(F)(F)C(Cc1ccccc1)Nc1ccc(OC)cc1. The summed E-state index contributed by atoms with van der Waals surface area (Å²) in [6.07, 6.45) is -0.0328. The largest absolute Gasteiger partial charge is 0.497 e. The van der Waals surface area contributed by atoms with Crippen molar-refractivity contribution >= 4 is 11.7 Å². The number of esters is 1. The van der Waals surface area contributed by atoms with Crippen LogP contribution in [-0.2, 0) is 16.0 Å². The number of hydrogen-bond donors (Lipinski definition) is 1. The zero-order valence-electron chi connectivity index (χ0n) is 13.5. The molecule has 0 aromatic heterocycles. The van der Waals surface area contributed by atoms with Crippen LogP contribution in [0, 0.1) is 0 Å². The fourth-order valence-corrected chi connectivity index (χ4v) is 2.29. The normalized spacial score (nSPS) is 12.3.